The Kier molecular flexibility index (Phi) is 4.60. The van der Waals surface area contributed by atoms with Crippen LogP contribution in [0.5, 0.6) is 0 Å². The van der Waals surface area contributed by atoms with Crippen LogP contribution in [0.2, 0.25) is 0 Å². The van der Waals surface area contributed by atoms with Crippen LogP contribution in [0.25, 0.3) is 0 Å². The molecule has 0 spiro atoms. The number of rotatable bonds is 3. The molecule has 1 aliphatic rings. The second kappa shape index (κ2) is 6.20. The summed E-state index contributed by atoms with van der Waals surface area (Å²) >= 11 is 3.33. The molecular formula is C13H17BrN2O2. The second-order valence-electron chi connectivity index (χ2n) is 4.41. The molecule has 2 rings (SSSR count). The zero-order chi connectivity index (χ0) is 13.0. The fourth-order valence-electron chi connectivity index (χ4n) is 2.00. The molecule has 1 saturated heterocycles. The minimum Gasteiger partial charge on any atom is -0.398 e. The van der Waals surface area contributed by atoms with Gasteiger partial charge in [-0.25, -0.2) is 0 Å². The van der Waals surface area contributed by atoms with Gasteiger partial charge in [0.1, 0.15) is 0 Å². The number of amides is 1. The molecule has 0 bridgehead atoms. The van der Waals surface area contributed by atoms with Crippen molar-refractivity contribution in [1.82, 2.24) is 5.32 Å². The summed E-state index contributed by atoms with van der Waals surface area (Å²) in [5, 5.41) is 2.89. The Morgan fingerprint density at radius 3 is 3.06 bits per heavy atom. The number of carbonyl (C=O) groups excluding carboxylic acids is 1. The van der Waals surface area contributed by atoms with Crippen molar-refractivity contribution in [3.8, 4) is 0 Å². The zero-order valence-corrected chi connectivity index (χ0v) is 11.7. The molecule has 1 amide bonds. The molecule has 1 heterocycles. The first kappa shape index (κ1) is 13.4. The van der Waals surface area contributed by atoms with Crippen molar-refractivity contribution in [2.24, 2.45) is 0 Å². The maximum absolute atomic E-state index is 12.0. The Hall–Kier alpha value is -1.07. The third-order valence-corrected chi connectivity index (χ3v) is 3.92. The van der Waals surface area contributed by atoms with Crippen molar-refractivity contribution >= 4 is 27.5 Å². The molecule has 0 aromatic heterocycles. The third-order valence-electron chi connectivity index (χ3n) is 3.04. The van der Waals surface area contributed by atoms with Gasteiger partial charge in [-0.3, -0.25) is 4.79 Å². The van der Waals surface area contributed by atoms with Gasteiger partial charge >= 0.3 is 0 Å². The van der Waals surface area contributed by atoms with Crippen molar-refractivity contribution in [3.63, 3.8) is 0 Å². The molecule has 1 aromatic carbocycles. The van der Waals surface area contributed by atoms with Crippen LogP contribution >= 0.6 is 15.9 Å². The average Bonchev–Trinajstić information content (AvgIpc) is 2.40. The van der Waals surface area contributed by atoms with Gasteiger partial charge in [-0.05, 0) is 47.3 Å². The van der Waals surface area contributed by atoms with E-state index in [4.69, 9.17) is 10.5 Å². The third kappa shape index (κ3) is 3.23. The largest absolute Gasteiger partial charge is 0.398 e. The monoisotopic (exact) mass is 312 g/mol. The Bertz CT molecular complexity index is 431. The number of ether oxygens (including phenoxy) is 1. The lowest BCUT2D eigenvalue weighted by molar-refractivity contribution is 0.0169. The quantitative estimate of drug-likeness (QED) is 0.842. The molecule has 0 radical (unpaired) electrons. The molecule has 1 aliphatic heterocycles. The van der Waals surface area contributed by atoms with Gasteiger partial charge in [0.05, 0.1) is 16.1 Å². The van der Waals surface area contributed by atoms with Crippen LogP contribution < -0.4 is 11.1 Å². The second-order valence-corrected chi connectivity index (χ2v) is 5.20. The van der Waals surface area contributed by atoms with Gasteiger partial charge in [0.15, 0.2) is 0 Å². The van der Waals surface area contributed by atoms with Crippen LogP contribution in [-0.2, 0) is 4.74 Å². The van der Waals surface area contributed by atoms with Crippen molar-refractivity contribution in [1.29, 1.82) is 0 Å². The van der Waals surface area contributed by atoms with Gasteiger partial charge in [0, 0.05) is 18.8 Å². The van der Waals surface area contributed by atoms with Gasteiger partial charge in [-0.2, -0.15) is 0 Å². The first-order valence-corrected chi connectivity index (χ1v) is 6.91. The van der Waals surface area contributed by atoms with E-state index in [1.54, 1.807) is 18.2 Å². The van der Waals surface area contributed by atoms with E-state index in [9.17, 15) is 4.79 Å². The standard InChI is InChI=1S/C13H17BrN2O2/c14-12-10(5-3-6-11(12)15)13(17)16-8-9-4-1-2-7-18-9/h3,5-6,9H,1-2,4,7-8,15H2,(H,16,17). The predicted molar refractivity (Wildman–Crippen MR) is 74.5 cm³/mol. The molecule has 1 fully saturated rings. The Balaban J connectivity index is 1.93. The summed E-state index contributed by atoms with van der Waals surface area (Å²) in [6.45, 7) is 1.35. The van der Waals surface area contributed by atoms with Crippen LogP contribution in [0.4, 0.5) is 5.69 Å². The number of anilines is 1. The molecule has 18 heavy (non-hydrogen) atoms. The van der Waals surface area contributed by atoms with Crippen LogP contribution in [0.15, 0.2) is 22.7 Å². The molecule has 5 heteroatoms. The maximum atomic E-state index is 12.0. The molecule has 0 aliphatic carbocycles. The number of carbonyl (C=O) groups is 1. The molecule has 1 atom stereocenters. The Morgan fingerprint density at radius 2 is 2.33 bits per heavy atom. The molecule has 98 valence electrons. The fourth-order valence-corrected chi connectivity index (χ4v) is 2.44. The lowest BCUT2D eigenvalue weighted by Crippen LogP contribution is -2.35. The Labute approximate surface area is 115 Å². The summed E-state index contributed by atoms with van der Waals surface area (Å²) in [7, 11) is 0. The van der Waals surface area contributed by atoms with Crippen molar-refractivity contribution in [2.45, 2.75) is 25.4 Å². The van der Waals surface area contributed by atoms with Gasteiger partial charge in [0.25, 0.3) is 5.91 Å². The summed E-state index contributed by atoms with van der Waals surface area (Å²) < 4.78 is 6.21. The van der Waals surface area contributed by atoms with Crippen LogP contribution in [-0.4, -0.2) is 25.2 Å². The fraction of sp³-hybridized carbons (Fsp3) is 0.462. The summed E-state index contributed by atoms with van der Waals surface area (Å²) in [4.78, 5) is 12.0. The molecule has 3 N–H and O–H groups in total. The number of halogens is 1. The van der Waals surface area contributed by atoms with E-state index in [-0.39, 0.29) is 12.0 Å². The lowest BCUT2D eigenvalue weighted by Gasteiger charge is -2.22. The number of nitrogens with two attached hydrogens (primary N) is 1. The highest BCUT2D eigenvalue weighted by molar-refractivity contribution is 9.10. The Morgan fingerprint density at radius 1 is 1.50 bits per heavy atom. The van der Waals surface area contributed by atoms with Crippen molar-refractivity contribution in [2.75, 3.05) is 18.9 Å². The van der Waals surface area contributed by atoms with Crippen molar-refractivity contribution < 1.29 is 9.53 Å². The van der Waals surface area contributed by atoms with E-state index in [1.165, 1.54) is 6.42 Å². The van der Waals surface area contributed by atoms with Gasteiger partial charge < -0.3 is 15.8 Å². The predicted octanol–water partition coefficient (Wildman–Crippen LogP) is 2.33. The molecule has 4 nitrogen and oxygen atoms in total. The number of nitrogens with one attached hydrogen (secondary N) is 1. The van der Waals surface area contributed by atoms with E-state index in [2.05, 4.69) is 21.2 Å². The van der Waals surface area contributed by atoms with Crippen LogP contribution in [0.1, 0.15) is 29.6 Å². The number of hydrogen-bond acceptors (Lipinski definition) is 3. The van der Waals surface area contributed by atoms with Gasteiger partial charge in [0.2, 0.25) is 0 Å². The first-order chi connectivity index (χ1) is 8.68. The van der Waals surface area contributed by atoms with Crippen LogP contribution in [0, 0.1) is 0 Å². The van der Waals surface area contributed by atoms with E-state index in [1.807, 2.05) is 0 Å². The van der Waals surface area contributed by atoms with E-state index < -0.39 is 0 Å². The highest BCUT2D eigenvalue weighted by Gasteiger charge is 2.16. The average molecular weight is 313 g/mol. The van der Waals surface area contributed by atoms with E-state index >= 15 is 0 Å². The summed E-state index contributed by atoms with van der Waals surface area (Å²) in [5.41, 5.74) is 6.87. The number of benzene rings is 1. The topological polar surface area (TPSA) is 64.4 Å². The number of hydrogen-bond donors (Lipinski definition) is 2. The lowest BCUT2D eigenvalue weighted by atomic mass is 10.1. The number of nitrogen functional groups attached to an aromatic ring is 1. The van der Waals surface area contributed by atoms with E-state index in [0.717, 1.165) is 19.4 Å². The first-order valence-electron chi connectivity index (χ1n) is 6.12. The minimum absolute atomic E-state index is 0.122. The van der Waals surface area contributed by atoms with Gasteiger partial charge in [-0.1, -0.05) is 6.07 Å². The molecule has 1 unspecified atom stereocenters. The summed E-state index contributed by atoms with van der Waals surface area (Å²) in [6, 6.07) is 5.27. The highest BCUT2D eigenvalue weighted by Crippen LogP contribution is 2.23. The minimum atomic E-state index is -0.122. The molecular weight excluding hydrogens is 296 g/mol. The summed E-state index contributed by atoms with van der Waals surface area (Å²) in [5.74, 6) is -0.122. The SMILES string of the molecule is Nc1cccc(C(=O)NCC2CCCCO2)c1Br. The molecule has 1 aromatic rings. The smallest absolute Gasteiger partial charge is 0.252 e. The van der Waals surface area contributed by atoms with E-state index in [0.29, 0.717) is 22.3 Å². The normalized spacial score (nSPS) is 19.5. The molecule has 0 saturated carbocycles. The van der Waals surface area contributed by atoms with Gasteiger partial charge in [-0.15, -0.1) is 0 Å². The maximum Gasteiger partial charge on any atom is 0.252 e. The summed E-state index contributed by atoms with van der Waals surface area (Å²) in [6.07, 6.45) is 3.44. The highest BCUT2D eigenvalue weighted by atomic mass is 79.9. The zero-order valence-electron chi connectivity index (χ0n) is 10.1. The van der Waals surface area contributed by atoms with Crippen molar-refractivity contribution in [3.05, 3.63) is 28.2 Å². The van der Waals surface area contributed by atoms with Crippen LogP contribution in [0.3, 0.4) is 0 Å².